The minimum absolute atomic E-state index is 0.0143. The predicted molar refractivity (Wildman–Crippen MR) is 140 cm³/mol. The first kappa shape index (κ1) is 24.7. The average Bonchev–Trinajstić information content (AvgIpc) is 2.86. The van der Waals surface area contributed by atoms with Gasteiger partial charge >= 0.3 is 23.9 Å². The summed E-state index contributed by atoms with van der Waals surface area (Å²) in [6.45, 7) is 1.92. The molecule has 8 nitrogen and oxygen atoms in total. The second-order valence-electron chi connectivity index (χ2n) is 8.99. The van der Waals surface area contributed by atoms with Crippen molar-refractivity contribution in [2.24, 2.45) is 5.92 Å². The molecule has 0 saturated carbocycles. The maximum Gasteiger partial charge on any atom is 0.336 e. The Morgan fingerprint density at radius 3 is 2.14 bits per heavy atom. The number of unbranched alkanes of at least 4 members (excludes halogenated alkanes) is 1. The van der Waals surface area contributed by atoms with Gasteiger partial charge < -0.3 is 20.1 Å². The zero-order chi connectivity index (χ0) is 26.6. The number of carboxylic acids is 3. The fourth-order valence-corrected chi connectivity index (χ4v) is 6.43. The molecule has 2 atom stereocenters. The minimum atomic E-state index is -2.14. The van der Waals surface area contributed by atoms with E-state index in [-0.39, 0.29) is 28.3 Å². The molecule has 3 N–H and O–H groups in total. The molecule has 4 aromatic carbocycles. The number of carbonyl (C=O) groups is 4. The summed E-state index contributed by atoms with van der Waals surface area (Å²) in [6.07, 6.45) is 1.25. The largest absolute Gasteiger partial charge is 0.481 e. The third kappa shape index (κ3) is 3.41. The molecular formula is C28H21BrO8. The minimum Gasteiger partial charge on any atom is -0.481 e. The van der Waals surface area contributed by atoms with E-state index in [1.165, 1.54) is 6.07 Å². The van der Waals surface area contributed by atoms with Crippen LogP contribution >= 0.6 is 15.9 Å². The topological polar surface area (TPSA) is 138 Å². The number of aliphatic carboxylic acids is 2. The molecule has 0 amide bonds. The lowest BCUT2D eigenvalue weighted by Gasteiger charge is -2.37. The number of carbonyl (C=O) groups excluding carboxylic acids is 1. The number of ether oxygens (including phenoxy) is 1. The number of fused-ring (bicyclic) bond motifs is 2. The smallest absolute Gasteiger partial charge is 0.336 e. The van der Waals surface area contributed by atoms with Crippen LogP contribution in [0.25, 0.3) is 37.9 Å². The van der Waals surface area contributed by atoms with E-state index in [2.05, 4.69) is 15.9 Å². The SMILES string of the molecule is CCCCOC(=O)C1(Br)c2c3cccc4cccc(c5ccc(C(=O)O)c(c25)=C(C(=O)O)C1C(=O)O)c43. The Labute approximate surface area is 218 Å². The summed E-state index contributed by atoms with van der Waals surface area (Å²) in [7, 11) is 0. The van der Waals surface area contributed by atoms with E-state index >= 15 is 0 Å². The van der Waals surface area contributed by atoms with Gasteiger partial charge in [0.2, 0.25) is 0 Å². The molecule has 0 saturated heterocycles. The van der Waals surface area contributed by atoms with Gasteiger partial charge in [-0.3, -0.25) is 9.59 Å². The molecule has 5 rings (SSSR count). The summed E-state index contributed by atoms with van der Waals surface area (Å²) >= 11 is 3.41. The van der Waals surface area contributed by atoms with E-state index in [1.807, 2.05) is 31.2 Å². The van der Waals surface area contributed by atoms with Crippen molar-refractivity contribution in [2.75, 3.05) is 6.61 Å². The van der Waals surface area contributed by atoms with E-state index in [9.17, 15) is 34.5 Å². The third-order valence-electron chi connectivity index (χ3n) is 6.98. The highest BCUT2D eigenvalue weighted by molar-refractivity contribution is 9.10. The second kappa shape index (κ2) is 8.85. The zero-order valence-electron chi connectivity index (χ0n) is 19.6. The Hall–Kier alpha value is -3.98. The van der Waals surface area contributed by atoms with Gasteiger partial charge in [0.15, 0.2) is 4.32 Å². The van der Waals surface area contributed by atoms with Gasteiger partial charge in [0, 0.05) is 5.22 Å². The van der Waals surface area contributed by atoms with Crippen LogP contribution in [0.1, 0.15) is 35.7 Å². The van der Waals surface area contributed by atoms with E-state index in [0.717, 1.165) is 22.6 Å². The summed E-state index contributed by atoms with van der Waals surface area (Å²) in [5, 5.41) is 33.9. The molecule has 1 aliphatic rings. The van der Waals surface area contributed by atoms with Crippen molar-refractivity contribution in [3.63, 3.8) is 0 Å². The Kier molecular flexibility index (Phi) is 5.91. The molecule has 0 heterocycles. The molecular weight excluding hydrogens is 544 g/mol. The number of alkyl halides is 1. The van der Waals surface area contributed by atoms with Crippen LogP contribution in [-0.4, -0.2) is 45.8 Å². The Bertz CT molecular complexity index is 1720. The predicted octanol–water partition coefficient (Wildman–Crippen LogP) is 4.45. The highest BCUT2D eigenvalue weighted by Crippen LogP contribution is 2.53. The van der Waals surface area contributed by atoms with Gasteiger partial charge in [0.1, 0.15) is 5.92 Å². The number of benzene rings is 4. The fraction of sp³-hybridized carbons (Fsp3) is 0.214. The van der Waals surface area contributed by atoms with Crippen molar-refractivity contribution in [2.45, 2.75) is 24.1 Å². The van der Waals surface area contributed by atoms with Crippen LogP contribution in [0.2, 0.25) is 0 Å². The lowest BCUT2D eigenvalue weighted by Crippen LogP contribution is -2.50. The maximum atomic E-state index is 13.8. The zero-order valence-corrected chi connectivity index (χ0v) is 21.2. The van der Waals surface area contributed by atoms with Crippen LogP contribution in [0.4, 0.5) is 0 Å². The molecule has 0 aliphatic heterocycles. The van der Waals surface area contributed by atoms with Crippen LogP contribution in [-0.2, 0) is 23.4 Å². The molecule has 4 aromatic rings. The van der Waals surface area contributed by atoms with Gasteiger partial charge in [0.25, 0.3) is 0 Å². The van der Waals surface area contributed by atoms with Crippen LogP contribution in [0.15, 0.2) is 48.5 Å². The van der Waals surface area contributed by atoms with E-state index in [0.29, 0.717) is 17.2 Å². The number of carboxylic acid groups (broad SMARTS) is 3. The number of rotatable bonds is 7. The first-order valence-corrected chi connectivity index (χ1v) is 12.4. The highest BCUT2D eigenvalue weighted by atomic mass is 79.9. The number of aromatic carboxylic acids is 1. The van der Waals surface area contributed by atoms with Crippen LogP contribution in [0.5, 0.6) is 0 Å². The van der Waals surface area contributed by atoms with Crippen LogP contribution in [0, 0.1) is 5.92 Å². The Morgan fingerprint density at radius 1 is 0.892 bits per heavy atom. The van der Waals surface area contributed by atoms with Gasteiger partial charge in [0.05, 0.1) is 17.7 Å². The molecule has 1 aliphatic carbocycles. The fourth-order valence-electron chi connectivity index (χ4n) is 5.48. The van der Waals surface area contributed by atoms with E-state index in [1.54, 1.807) is 18.2 Å². The quantitative estimate of drug-likeness (QED) is 0.0983. The molecule has 2 unspecified atom stereocenters. The van der Waals surface area contributed by atoms with Gasteiger partial charge in [-0.1, -0.05) is 71.7 Å². The second-order valence-corrected chi connectivity index (χ2v) is 10.2. The molecule has 0 bridgehead atoms. The first-order valence-electron chi connectivity index (χ1n) is 11.6. The lowest BCUT2D eigenvalue weighted by atomic mass is 9.70. The van der Waals surface area contributed by atoms with Crippen molar-refractivity contribution in [1.29, 1.82) is 0 Å². The van der Waals surface area contributed by atoms with Crippen molar-refractivity contribution in [3.05, 3.63) is 64.9 Å². The molecule has 37 heavy (non-hydrogen) atoms. The van der Waals surface area contributed by atoms with Gasteiger partial charge in [-0.15, -0.1) is 0 Å². The lowest BCUT2D eigenvalue weighted by molar-refractivity contribution is -0.154. The van der Waals surface area contributed by atoms with Crippen molar-refractivity contribution in [1.82, 2.24) is 0 Å². The highest BCUT2D eigenvalue weighted by Gasteiger charge is 2.57. The Balaban J connectivity index is 2.12. The normalized spacial score (nSPS) is 18.9. The maximum absolute atomic E-state index is 13.8. The molecule has 0 fully saturated rings. The van der Waals surface area contributed by atoms with Crippen LogP contribution < -0.4 is 5.22 Å². The third-order valence-corrected chi connectivity index (χ3v) is 8.15. The molecule has 0 radical (unpaired) electrons. The Morgan fingerprint density at radius 2 is 1.54 bits per heavy atom. The number of halogens is 1. The van der Waals surface area contributed by atoms with E-state index in [4.69, 9.17) is 4.74 Å². The molecule has 0 aromatic heterocycles. The standard InChI is InChI=1S/C28H21BrO8/c1-2-3-12-37-27(36)28(29)22-16-9-5-7-13-6-4-8-14(18(13)16)15-10-11-17(24(30)31)19(20(15)22)21(25(32)33)23(28)26(34)35/h4-11,23H,2-3,12H2,1H3,(H,30,31)(H,32,33)(H,34,35). The summed E-state index contributed by atoms with van der Waals surface area (Å²) in [5.74, 6) is -7.58. The van der Waals surface area contributed by atoms with Crippen molar-refractivity contribution < 1.29 is 39.2 Å². The van der Waals surface area contributed by atoms with Gasteiger partial charge in [-0.2, -0.15) is 0 Å². The van der Waals surface area contributed by atoms with Crippen molar-refractivity contribution in [3.8, 4) is 0 Å². The van der Waals surface area contributed by atoms with Gasteiger partial charge in [-0.05, 0) is 50.4 Å². The van der Waals surface area contributed by atoms with Gasteiger partial charge in [-0.25, -0.2) is 9.59 Å². The number of hydrogen-bond acceptors (Lipinski definition) is 5. The average molecular weight is 565 g/mol. The summed E-state index contributed by atoms with van der Waals surface area (Å²) < 4.78 is 3.38. The van der Waals surface area contributed by atoms with Crippen molar-refractivity contribution >= 4 is 77.7 Å². The van der Waals surface area contributed by atoms with Crippen LogP contribution in [0.3, 0.4) is 0 Å². The number of hydrogen-bond donors (Lipinski definition) is 3. The molecule has 0 spiro atoms. The molecule has 188 valence electrons. The summed E-state index contributed by atoms with van der Waals surface area (Å²) in [5.41, 5.74) is -0.870. The summed E-state index contributed by atoms with van der Waals surface area (Å²) in [6, 6.07) is 13.7. The van der Waals surface area contributed by atoms with E-state index < -0.39 is 39.7 Å². The first-order chi connectivity index (χ1) is 17.6. The number of esters is 1. The monoisotopic (exact) mass is 564 g/mol. The molecule has 9 heteroatoms. The summed E-state index contributed by atoms with van der Waals surface area (Å²) in [4.78, 5) is 51.5.